The molecule has 0 fully saturated rings. The largest absolute Gasteiger partial charge is 0.423 e. The fraction of sp³-hybridized carbons (Fsp3) is 0.133. The average Bonchev–Trinajstić information content (AvgIpc) is 3.00. The Kier molecular flexibility index (Phi) is 2.06. The summed E-state index contributed by atoms with van der Waals surface area (Å²) in [6, 6.07) is 14.6. The van der Waals surface area contributed by atoms with Crippen LogP contribution < -0.4 is 10.6 Å². The summed E-state index contributed by atoms with van der Waals surface area (Å²) < 4.78 is 5.80. The summed E-state index contributed by atoms with van der Waals surface area (Å²) in [6.07, 6.45) is 0. The lowest BCUT2D eigenvalue weighted by molar-refractivity contribution is 0.573. The molecule has 0 unspecified atom stereocenters. The lowest BCUT2D eigenvalue weighted by Gasteiger charge is -2.10. The molecule has 0 amide bonds. The van der Waals surface area contributed by atoms with Crippen LogP contribution in [0, 0.1) is 0 Å². The van der Waals surface area contributed by atoms with Crippen molar-refractivity contribution in [3.05, 3.63) is 53.6 Å². The molecular formula is C15H13N3O. The smallest absolute Gasteiger partial charge is 0.298 e. The van der Waals surface area contributed by atoms with Gasteiger partial charge in [-0.05, 0) is 29.3 Å². The van der Waals surface area contributed by atoms with E-state index in [1.165, 1.54) is 11.1 Å². The average molecular weight is 251 g/mol. The molecule has 1 aromatic heterocycles. The second-order valence-electron chi connectivity index (χ2n) is 4.85. The monoisotopic (exact) mass is 251 g/mol. The molecule has 4 heteroatoms. The van der Waals surface area contributed by atoms with Crippen molar-refractivity contribution in [1.29, 1.82) is 0 Å². The maximum atomic E-state index is 5.80. The molecular weight excluding hydrogens is 238 g/mol. The molecule has 0 radical (unpaired) electrons. The Balaban J connectivity index is 1.73. The zero-order valence-electron chi connectivity index (χ0n) is 10.3. The molecule has 0 aliphatic carbocycles. The maximum absolute atomic E-state index is 5.80. The summed E-state index contributed by atoms with van der Waals surface area (Å²) in [5.74, 6) is 0. The normalized spacial score (nSPS) is 14.0. The van der Waals surface area contributed by atoms with Crippen LogP contribution >= 0.6 is 0 Å². The first-order valence-corrected chi connectivity index (χ1v) is 6.27. The first-order chi connectivity index (χ1) is 9.29. The van der Waals surface area contributed by atoms with Crippen molar-refractivity contribution < 1.29 is 4.42 Å². The third kappa shape index (κ3) is 1.64. The number of rotatable bonds is 1. The number of hydrogen-bond donors (Lipinski definition) is 1. The zero-order chi connectivity index (χ0) is 12.8. The van der Waals surface area contributed by atoms with E-state index in [-0.39, 0.29) is 0 Å². The maximum Gasteiger partial charge on any atom is 0.298 e. The highest BCUT2D eigenvalue weighted by Crippen LogP contribution is 2.30. The van der Waals surface area contributed by atoms with Crippen molar-refractivity contribution in [3.63, 3.8) is 0 Å². The SMILES string of the molecule is Nc1ccc2oc(N3Cc4ccccc4C3)nc2c1. The van der Waals surface area contributed by atoms with Crippen molar-refractivity contribution >= 4 is 22.8 Å². The van der Waals surface area contributed by atoms with Crippen LogP contribution in [0.3, 0.4) is 0 Å². The van der Waals surface area contributed by atoms with Gasteiger partial charge in [-0.25, -0.2) is 0 Å². The van der Waals surface area contributed by atoms with Crippen LogP contribution in [0.4, 0.5) is 11.7 Å². The van der Waals surface area contributed by atoms with E-state index in [4.69, 9.17) is 10.2 Å². The van der Waals surface area contributed by atoms with E-state index in [1.807, 2.05) is 18.2 Å². The Morgan fingerprint density at radius 1 is 1.05 bits per heavy atom. The molecule has 2 heterocycles. The number of nitrogens with two attached hydrogens (primary N) is 1. The van der Waals surface area contributed by atoms with Gasteiger partial charge >= 0.3 is 0 Å². The van der Waals surface area contributed by atoms with Crippen molar-refractivity contribution in [2.45, 2.75) is 13.1 Å². The number of hydrogen-bond acceptors (Lipinski definition) is 4. The van der Waals surface area contributed by atoms with Gasteiger partial charge in [-0.3, -0.25) is 0 Å². The van der Waals surface area contributed by atoms with Crippen LogP contribution in [0.2, 0.25) is 0 Å². The highest BCUT2D eigenvalue weighted by molar-refractivity contribution is 5.78. The van der Waals surface area contributed by atoms with Crippen LogP contribution in [0.25, 0.3) is 11.1 Å². The lowest BCUT2D eigenvalue weighted by Crippen LogP contribution is -2.14. The third-order valence-corrected chi connectivity index (χ3v) is 3.51. The summed E-state index contributed by atoms with van der Waals surface area (Å²) >= 11 is 0. The van der Waals surface area contributed by atoms with E-state index in [0.717, 1.165) is 24.2 Å². The standard InChI is InChI=1S/C15H13N3O/c16-12-5-6-14-13(7-12)17-15(19-14)18-8-10-3-1-2-4-11(10)9-18/h1-7H,8-9,16H2. The quantitative estimate of drug-likeness (QED) is 0.676. The Hall–Kier alpha value is -2.49. The summed E-state index contributed by atoms with van der Waals surface area (Å²) in [6.45, 7) is 1.69. The molecule has 3 aromatic rings. The fourth-order valence-electron chi connectivity index (χ4n) is 2.54. The lowest BCUT2D eigenvalue weighted by atomic mass is 10.1. The predicted molar refractivity (Wildman–Crippen MR) is 74.8 cm³/mol. The first-order valence-electron chi connectivity index (χ1n) is 6.27. The van der Waals surface area contributed by atoms with Crippen LogP contribution in [0.1, 0.15) is 11.1 Å². The van der Waals surface area contributed by atoms with E-state index in [1.54, 1.807) is 0 Å². The molecule has 94 valence electrons. The Bertz CT molecular complexity index is 738. The second-order valence-corrected chi connectivity index (χ2v) is 4.85. The van der Waals surface area contributed by atoms with Gasteiger partial charge in [-0.15, -0.1) is 0 Å². The van der Waals surface area contributed by atoms with E-state index in [2.05, 4.69) is 34.1 Å². The van der Waals surface area contributed by atoms with Crippen molar-refractivity contribution in [2.24, 2.45) is 0 Å². The minimum absolute atomic E-state index is 0.664. The number of fused-ring (bicyclic) bond motifs is 2. The van der Waals surface area contributed by atoms with Gasteiger partial charge in [0, 0.05) is 18.8 Å². The molecule has 2 N–H and O–H groups in total. The van der Waals surface area contributed by atoms with Gasteiger partial charge < -0.3 is 15.1 Å². The number of anilines is 2. The van der Waals surface area contributed by atoms with E-state index < -0.39 is 0 Å². The number of nitrogen functional groups attached to an aromatic ring is 1. The Morgan fingerprint density at radius 3 is 2.53 bits per heavy atom. The Labute approximate surface area is 110 Å². The molecule has 0 saturated carbocycles. The summed E-state index contributed by atoms with van der Waals surface area (Å²) in [5, 5.41) is 0. The number of aromatic nitrogens is 1. The van der Waals surface area contributed by atoms with Gasteiger partial charge in [0.2, 0.25) is 0 Å². The Morgan fingerprint density at radius 2 is 1.79 bits per heavy atom. The van der Waals surface area contributed by atoms with Gasteiger partial charge in [-0.1, -0.05) is 24.3 Å². The molecule has 1 aliphatic heterocycles. The molecule has 19 heavy (non-hydrogen) atoms. The minimum atomic E-state index is 0.664. The molecule has 4 rings (SSSR count). The van der Waals surface area contributed by atoms with Crippen LogP contribution in [-0.4, -0.2) is 4.98 Å². The minimum Gasteiger partial charge on any atom is -0.423 e. The van der Waals surface area contributed by atoms with E-state index in [9.17, 15) is 0 Å². The molecule has 1 aliphatic rings. The van der Waals surface area contributed by atoms with Crippen LogP contribution in [0.5, 0.6) is 0 Å². The highest BCUT2D eigenvalue weighted by atomic mass is 16.4. The van der Waals surface area contributed by atoms with Gasteiger partial charge in [-0.2, -0.15) is 4.98 Å². The van der Waals surface area contributed by atoms with Crippen molar-refractivity contribution in [1.82, 2.24) is 4.98 Å². The first kappa shape index (κ1) is 10.4. The van der Waals surface area contributed by atoms with E-state index >= 15 is 0 Å². The molecule has 0 bridgehead atoms. The van der Waals surface area contributed by atoms with Crippen molar-refractivity contribution in [2.75, 3.05) is 10.6 Å². The summed E-state index contributed by atoms with van der Waals surface area (Å²) in [4.78, 5) is 6.66. The van der Waals surface area contributed by atoms with Gasteiger partial charge in [0.15, 0.2) is 5.58 Å². The zero-order valence-corrected chi connectivity index (χ0v) is 10.3. The van der Waals surface area contributed by atoms with Gasteiger partial charge in [0.1, 0.15) is 5.52 Å². The molecule has 0 spiro atoms. The number of oxazole rings is 1. The number of benzene rings is 2. The predicted octanol–water partition coefficient (Wildman–Crippen LogP) is 2.93. The van der Waals surface area contributed by atoms with E-state index in [0.29, 0.717) is 11.7 Å². The van der Waals surface area contributed by atoms with Gasteiger partial charge in [0.25, 0.3) is 6.01 Å². The summed E-state index contributed by atoms with van der Waals surface area (Å²) in [5.41, 5.74) is 10.7. The highest BCUT2D eigenvalue weighted by Gasteiger charge is 2.22. The molecule has 0 saturated heterocycles. The topological polar surface area (TPSA) is 55.3 Å². The van der Waals surface area contributed by atoms with Crippen molar-refractivity contribution in [3.8, 4) is 0 Å². The second kappa shape index (κ2) is 3.75. The third-order valence-electron chi connectivity index (χ3n) is 3.51. The van der Waals surface area contributed by atoms with Crippen LogP contribution in [0.15, 0.2) is 46.9 Å². The van der Waals surface area contributed by atoms with Gasteiger partial charge in [0.05, 0.1) is 0 Å². The molecule has 0 atom stereocenters. The number of nitrogens with zero attached hydrogens (tertiary/aromatic N) is 2. The molecule has 2 aromatic carbocycles. The van der Waals surface area contributed by atoms with Crippen LogP contribution in [-0.2, 0) is 13.1 Å². The fourth-order valence-corrected chi connectivity index (χ4v) is 2.54. The summed E-state index contributed by atoms with van der Waals surface area (Å²) in [7, 11) is 0. The molecule has 4 nitrogen and oxygen atoms in total.